The third-order valence-electron chi connectivity index (χ3n) is 2.37. The van der Waals surface area contributed by atoms with Crippen LogP contribution in [0.1, 0.15) is 24.0 Å². The first-order chi connectivity index (χ1) is 7.79. The van der Waals surface area contributed by atoms with Gasteiger partial charge in [0.1, 0.15) is 11.5 Å². The van der Waals surface area contributed by atoms with Gasteiger partial charge in [-0.1, -0.05) is 6.92 Å². The topological polar surface area (TPSA) is 25.2 Å². The van der Waals surface area contributed by atoms with Crippen molar-refractivity contribution in [2.24, 2.45) is 0 Å². The molecule has 2 heterocycles. The van der Waals surface area contributed by atoms with Crippen molar-refractivity contribution >= 4 is 11.3 Å². The van der Waals surface area contributed by atoms with Crippen LogP contribution in [-0.4, -0.2) is 6.54 Å². The number of furan rings is 1. The highest BCUT2D eigenvalue weighted by Gasteiger charge is 2.06. The molecule has 0 saturated heterocycles. The fourth-order valence-corrected chi connectivity index (χ4v) is 2.39. The van der Waals surface area contributed by atoms with Crippen LogP contribution in [0.4, 0.5) is 0 Å². The van der Waals surface area contributed by atoms with Gasteiger partial charge in [0.05, 0.1) is 11.4 Å². The number of aryl methyl sites for hydroxylation is 1. The maximum atomic E-state index is 5.78. The summed E-state index contributed by atoms with van der Waals surface area (Å²) in [6.45, 7) is 6.13. The van der Waals surface area contributed by atoms with Crippen LogP contribution in [-0.2, 0) is 6.54 Å². The highest BCUT2D eigenvalue weighted by atomic mass is 32.1. The van der Waals surface area contributed by atoms with Crippen molar-refractivity contribution in [3.63, 3.8) is 0 Å². The molecule has 3 heteroatoms. The third kappa shape index (κ3) is 2.74. The van der Waals surface area contributed by atoms with Crippen LogP contribution in [0.5, 0.6) is 0 Å². The monoisotopic (exact) mass is 235 g/mol. The van der Waals surface area contributed by atoms with Crippen molar-refractivity contribution in [1.29, 1.82) is 0 Å². The zero-order valence-electron chi connectivity index (χ0n) is 9.75. The summed E-state index contributed by atoms with van der Waals surface area (Å²) in [7, 11) is 0. The van der Waals surface area contributed by atoms with Crippen molar-refractivity contribution in [3.8, 4) is 10.6 Å². The molecule has 0 radical (unpaired) electrons. The lowest BCUT2D eigenvalue weighted by Crippen LogP contribution is -2.12. The molecule has 0 aliphatic rings. The zero-order valence-corrected chi connectivity index (χ0v) is 10.6. The molecule has 0 spiro atoms. The van der Waals surface area contributed by atoms with Gasteiger partial charge in [-0.2, -0.15) is 0 Å². The summed E-state index contributed by atoms with van der Waals surface area (Å²) in [4.78, 5) is 2.52. The van der Waals surface area contributed by atoms with Crippen molar-refractivity contribution in [2.75, 3.05) is 6.54 Å². The maximum Gasteiger partial charge on any atom is 0.144 e. The van der Waals surface area contributed by atoms with E-state index in [0.29, 0.717) is 0 Å². The summed E-state index contributed by atoms with van der Waals surface area (Å²) < 4.78 is 5.78. The maximum absolute atomic E-state index is 5.78. The third-order valence-corrected chi connectivity index (χ3v) is 3.39. The lowest BCUT2D eigenvalue weighted by atomic mass is 10.3. The minimum atomic E-state index is 0.818. The van der Waals surface area contributed by atoms with Gasteiger partial charge in [-0.05, 0) is 44.2 Å². The van der Waals surface area contributed by atoms with Gasteiger partial charge in [-0.25, -0.2) is 0 Å². The first kappa shape index (κ1) is 11.4. The van der Waals surface area contributed by atoms with E-state index in [1.165, 1.54) is 9.75 Å². The van der Waals surface area contributed by atoms with Crippen LogP contribution in [0.15, 0.2) is 28.7 Å². The molecule has 0 aliphatic heterocycles. The molecule has 1 N–H and O–H groups in total. The van der Waals surface area contributed by atoms with Gasteiger partial charge >= 0.3 is 0 Å². The molecule has 16 heavy (non-hydrogen) atoms. The van der Waals surface area contributed by atoms with Crippen LogP contribution in [0.3, 0.4) is 0 Å². The van der Waals surface area contributed by atoms with Crippen LogP contribution < -0.4 is 5.32 Å². The number of hydrogen-bond acceptors (Lipinski definition) is 3. The second-order valence-electron chi connectivity index (χ2n) is 3.85. The lowest BCUT2D eigenvalue weighted by Gasteiger charge is -1.98. The molecule has 0 aliphatic carbocycles. The fourth-order valence-electron chi connectivity index (χ4n) is 1.56. The smallest absolute Gasteiger partial charge is 0.144 e. The average Bonchev–Trinajstić information content (AvgIpc) is 2.87. The molecule has 0 aromatic carbocycles. The first-order valence-electron chi connectivity index (χ1n) is 5.66. The van der Waals surface area contributed by atoms with Gasteiger partial charge in [0.15, 0.2) is 0 Å². The Morgan fingerprint density at radius 2 is 2.12 bits per heavy atom. The van der Waals surface area contributed by atoms with E-state index >= 15 is 0 Å². The number of rotatable bonds is 5. The van der Waals surface area contributed by atoms with E-state index in [2.05, 4.69) is 31.3 Å². The number of thiophene rings is 1. The summed E-state index contributed by atoms with van der Waals surface area (Å²) >= 11 is 1.77. The molecular formula is C13H17NOS. The van der Waals surface area contributed by atoms with Gasteiger partial charge in [0, 0.05) is 4.88 Å². The molecule has 0 atom stereocenters. The summed E-state index contributed by atoms with van der Waals surface area (Å²) in [5, 5.41) is 3.33. The van der Waals surface area contributed by atoms with Gasteiger partial charge < -0.3 is 9.73 Å². The Bertz CT molecular complexity index is 444. The van der Waals surface area contributed by atoms with E-state index in [-0.39, 0.29) is 0 Å². The SMILES string of the molecule is CCCNCc1ccc(-c2ccc(C)s2)o1. The summed E-state index contributed by atoms with van der Waals surface area (Å²) in [6, 6.07) is 8.33. The minimum absolute atomic E-state index is 0.818. The highest BCUT2D eigenvalue weighted by Crippen LogP contribution is 2.29. The van der Waals surface area contributed by atoms with Crippen LogP contribution in [0.25, 0.3) is 10.6 Å². The normalized spacial score (nSPS) is 10.9. The molecule has 0 saturated carbocycles. The van der Waals surface area contributed by atoms with E-state index in [0.717, 1.165) is 31.0 Å². The largest absolute Gasteiger partial charge is 0.459 e. The van der Waals surface area contributed by atoms with Crippen LogP contribution >= 0.6 is 11.3 Å². The second kappa shape index (κ2) is 5.32. The lowest BCUT2D eigenvalue weighted by molar-refractivity contribution is 0.494. The average molecular weight is 235 g/mol. The number of nitrogens with one attached hydrogen (secondary N) is 1. The van der Waals surface area contributed by atoms with E-state index in [4.69, 9.17) is 4.42 Å². The van der Waals surface area contributed by atoms with Crippen molar-refractivity contribution in [3.05, 3.63) is 34.9 Å². The molecule has 0 amide bonds. The van der Waals surface area contributed by atoms with Crippen molar-refractivity contribution in [1.82, 2.24) is 5.32 Å². The standard InChI is InChI=1S/C13H17NOS/c1-3-8-14-9-11-5-6-12(15-11)13-7-4-10(2)16-13/h4-7,14H,3,8-9H2,1-2H3. The van der Waals surface area contributed by atoms with Crippen LogP contribution in [0, 0.1) is 6.92 Å². The molecule has 86 valence electrons. The first-order valence-corrected chi connectivity index (χ1v) is 6.47. The van der Waals surface area contributed by atoms with E-state index in [9.17, 15) is 0 Å². The molecule has 2 aromatic heterocycles. The minimum Gasteiger partial charge on any atom is -0.459 e. The predicted molar refractivity (Wildman–Crippen MR) is 68.8 cm³/mol. The molecule has 0 unspecified atom stereocenters. The Hall–Kier alpha value is -1.06. The van der Waals surface area contributed by atoms with E-state index < -0.39 is 0 Å². The van der Waals surface area contributed by atoms with E-state index in [1.54, 1.807) is 11.3 Å². The highest BCUT2D eigenvalue weighted by molar-refractivity contribution is 7.15. The Morgan fingerprint density at radius 3 is 2.81 bits per heavy atom. The van der Waals surface area contributed by atoms with Gasteiger partial charge in [-0.3, -0.25) is 0 Å². The summed E-state index contributed by atoms with van der Waals surface area (Å²) in [5.74, 6) is 1.99. The van der Waals surface area contributed by atoms with Gasteiger partial charge in [0.2, 0.25) is 0 Å². The summed E-state index contributed by atoms with van der Waals surface area (Å²) in [5.41, 5.74) is 0. The molecule has 2 aromatic rings. The fraction of sp³-hybridized carbons (Fsp3) is 0.385. The molecular weight excluding hydrogens is 218 g/mol. The van der Waals surface area contributed by atoms with Crippen LogP contribution in [0.2, 0.25) is 0 Å². The summed E-state index contributed by atoms with van der Waals surface area (Å²) in [6.07, 6.45) is 1.15. The Morgan fingerprint density at radius 1 is 1.25 bits per heavy atom. The predicted octanol–water partition coefficient (Wildman–Crippen LogP) is 3.82. The van der Waals surface area contributed by atoms with Gasteiger partial charge in [0.25, 0.3) is 0 Å². The quantitative estimate of drug-likeness (QED) is 0.797. The molecule has 2 nitrogen and oxygen atoms in total. The Labute approximate surface area is 100 Å². The van der Waals surface area contributed by atoms with Crippen molar-refractivity contribution in [2.45, 2.75) is 26.8 Å². The molecule has 2 rings (SSSR count). The molecule has 0 bridgehead atoms. The Balaban J connectivity index is 2.02. The van der Waals surface area contributed by atoms with Gasteiger partial charge in [-0.15, -0.1) is 11.3 Å². The number of hydrogen-bond donors (Lipinski definition) is 1. The van der Waals surface area contributed by atoms with Crippen molar-refractivity contribution < 1.29 is 4.42 Å². The Kier molecular flexibility index (Phi) is 3.80. The molecule has 0 fully saturated rings. The second-order valence-corrected chi connectivity index (χ2v) is 5.14. The van der Waals surface area contributed by atoms with E-state index in [1.807, 2.05) is 12.1 Å². The zero-order chi connectivity index (χ0) is 11.4.